The molecule has 5 nitrogen and oxygen atoms in total. The van der Waals surface area contributed by atoms with Crippen molar-refractivity contribution in [2.24, 2.45) is 5.73 Å². The zero-order valence-corrected chi connectivity index (χ0v) is 11.4. The number of nitrogens with zero attached hydrogens (tertiary/aromatic N) is 1. The standard InChI is InChI=1S/C12H16N2O3S/c1-14(7-11(13)18)12(15)9-6-8(16-2)4-5-10(9)17-3/h4-6H,7H2,1-3H3,(H2,13,18). The highest BCUT2D eigenvalue weighted by Gasteiger charge is 2.17. The fourth-order valence-electron chi connectivity index (χ4n) is 1.49. The van der Waals surface area contributed by atoms with E-state index in [1.165, 1.54) is 19.1 Å². The molecule has 0 aliphatic carbocycles. The van der Waals surface area contributed by atoms with Crippen molar-refractivity contribution in [1.29, 1.82) is 0 Å². The van der Waals surface area contributed by atoms with Gasteiger partial charge in [0.15, 0.2) is 0 Å². The van der Waals surface area contributed by atoms with Crippen LogP contribution in [0.1, 0.15) is 10.4 Å². The second kappa shape index (κ2) is 6.20. The summed E-state index contributed by atoms with van der Waals surface area (Å²) in [6, 6.07) is 5.03. The third kappa shape index (κ3) is 3.33. The van der Waals surface area contributed by atoms with E-state index in [0.29, 0.717) is 17.1 Å². The molecule has 6 heteroatoms. The topological polar surface area (TPSA) is 64.8 Å². The van der Waals surface area contributed by atoms with E-state index in [0.717, 1.165) is 0 Å². The summed E-state index contributed by atoms with van der Waals surface area (Å²) in [5.74, 6) is 0.844. The number of thiocarbonyl (C=S) groups is 1. The lowest BCUT2D eigenvalue weighted by Crippen LogP contribution is -2.34. The molecule has 1 aromatic carbocycles. The summed E-state index contributed by atoms with van der Waals surface area (Å²) in [5, 5.41) is 0. The van der Waals surface area contributed by atoms with Crippen LogP contribution in [-0.4, -0.2) is 43.6 Å². The number of carbonyl (C=O) groups excluding carboxylic acids is 1. The summed E-state index contributed by atoms with van der Waals surface area (Å²) in [4.78, 5) is 13.9. The molecule has 0 aromatic heterocycles. The molecule has 0 spiro atoms. The van der Waals surface area contributed by atoms with E-state index in [4.69, 9.17) is 27.4 Å². The van der Waals surface area contributed by atoms with Crippen molar-refractivity contribution in [3.63, 3.8) is 0 Å². The van der Waals surface area contributed by atoms with E-state index in [2.05, 4.69) is 0 Å². The summed E-state index contributed by atoms with van der Waals surface area (Å²) in [5.41, 5.74) is 5.83. The van der Waals surface area contributed by atoms with Gasteiger partial charge in [0, 0.05) is 7.05 Å². The minimum atomic E-state index is -0.224. The third-order valence-electron chi connectivity index (χ3n) is 2.38. The molecule has 0 aliphatic heterocycles. The molecule has 1 amide bonds. The van der Waals surface area contributed by atoms with Crippen LogP contribution in [0.2, 0.25) is 0 Å². The molecule has 0 saturated carbocycles. The van der Waals surface area contributed by atoms with Gasteiger partial charge in [-0.05, 0) is 18.2 Å². The first-order valence-corrected chi connectivity index (χ1v) is 5.66. The van der Waals surface area contributed by atoms with Gasteiger partial charge in [-0.1, -0.05) is 12.2 Å². The number of amides is 1. The predicted molar refractivity (Wildman–Crippen MR) is 73.3 cm³/mol. The monoisotopic (exact) mass is 268 g/mol. The van der Waals surface area contributed by atoms with Crippen molar-refractivity contribution >= 4 is 23.1 Å². The molecular formula is C12H16N2O3S. The minimum Gasteiger partial charge on any atom is -0.497 e. The average Bonchev–Trinajstić information content (AvgIpc) is 2.36. The van der Waals surface area contributed by atoms with Crippen LogP contribution in [0.25, 0.3) is 0 Å². The number of hydrogen-bond donors (Lipinski definition) is 1. The molecule has 1 aromatic rings. The second-order valence-electron chi connectivity index (χ2n) is 3.69. The van der Waals surface area contributed by atoms with Crippen LogP contribution in [0.3, 0.4) is 0 Å². The van der Waals surface area contributed by atoms with Crippen LogP contribution in [-0.2, 0) is 0 Å². The van der Waals surface area contributed by atoms with Crippen LogP contribution in [0.15, 0.2) is 18.2 Å². The van der Waals surface area contributed by atoms with E-state index in [9.17, 15) is 4.79 Å². The quantitative estimate of drug-likeness (QED) is 0.809. The Morgan fingerprint density at radius 1 is 1.39 bits per heavy atom. The number of hydrogen-bond acceptors (Lipinski definition) is 4. The Hall–Kier alpha value is -1.82. The first-order valence-electron chi connectivity index (χ1n) is 5.25. The minimum absolute atomic E-state index is 0.217. The fourth-order valence-corrected chi connectivity index (χ4v) is 1.69. The second-order valence-corrected chi connectivity index (χ2v) is 4.22. The van der Waals surface area contributed by atoms with Gasteiger partial charge < -0.3 is 20.1 Å². The number of nitrogens with two attached hydrogens (primary N) is 1. The molecule has 98 valence electrons. The SMILES string of the molecule is COc1ccc(OC)c(C(=O)N(C)CC(N)=S)c1. The molecule has 0 saturated heterocycles. The summed E-state index contributed by atoms with van der Waals surface area (Å²) in [7, 11) is 4.67. The Bertz CT molecular complexity index is 463. The summed E-state index contributed by atoms with van der Waals surface area (Å²) in [6.45, 7) is 0.217. The van der Waals surface area contributed by atoms with Crippen LogP contribution < -0.4 is 15.2 Å². The maximum absolute atomic E-state index is 12.2. The largest absolute Gasteiger partial charge is 0.497 e. The maximum atomic E-state index is 12.2. The Balaban J connectivity index is 3.05. The summed E-state index contributed by atoms with van der Waals surface area (Å²) in [6.07, 6.45) is 0. The van der Waals surface area contributed by atoms with Crippen LogP contribution in [0, 0.1) is 0 Å². The first-order chi connectivity index (χ1) is 8.49. The molecule has 2 N–H and O–H groups in total. The van der Waals surface area contributed by atoms with Crippen molar-refractivity contribution in [2.45, 2.75) is 0 Å². The maximum Gasteiger partial charge on any atom is 0.257 e. The summed E-state index contributed by atoms with van der Waals surface area (Å²) < 4.78 is 10.2. The van der Waals surface area contributed by atoms with Crippen LogP contribution in [0.4, 0.5) is 0 Å². The lowest BCUT2D eigenvalue weighted by molar-refractivity contribution is 0.0811. The van der Waals surface area contributed by atoms with Gasteiger partial charge in [-0.3, -0.25) is 4.79 Å². The lowest BCUT2D eigenvalue weighted by Gasteiger charge is -2.18. The summed E-state index contributed by atoms with van der Waals surface area (Å²) >= 11 is 4.78. The number of rotatable bonds is 5. The van der Waals surface area contributed by atoms with Crippen molar-refractivity contribution in [1.82, 2.24) is 4.90 Å². The molecule has 0 bridgehead atoms. The van der Waals surface area contributed by atoms with Gasteiger partial charge in [0.25, 0.3) is 5.91 Å². The highest BCUT2D eigenvalue weighted by atomic mass is 32.1. The smallest absolute Gasteiger partial charge is 0.257 e. The third-order valence-corrected chi connectivity index (χ3v) is 2.51. The molecular weight excluding hydrogens is 252 g/mol. The van der Waals surface area contributed by atoms with E-state index < -0.39 is 0 Å². The van der Waals surface area contributed by atoms with E-state index >= 15 is 0 Å². The van der Waals surface area contributed by atoms with Crippen molar-refractivity contribution in [2.75, 3.05) is 27.8 Å². The Morgan fingerprint density at radius 2 is 2.06 bits per heavy atom. The molecule has 0 atom stereocenters. The average molecular weight is 268 g/mol. The highest BCUT2D eigenvalue weighted by Crippen LogP contribution is 2.24. The van der Waals surface area contributed by atoms with Gasteiger partial charge in [-0.25, -0.2) is 0 Å². The number of likely N-dealkylation sites (N-methyl/N-ethyl adjacent to an activating group) is 1. The van der Waals surface area contributed by atoms with E-state index in [1.807, 2.05) is 0 Å². The van der Waals surface area contributed by atoms with Crippen molar-refractivity contribution in [3.8, 4) is 11.5 Å². The normalized spacial score (nSPS) is 9.72. The molecule has 0 fully saturated rings. The fraction of sp³-hybridized carbons (Fsp3) is 0.333. The molecule has 0 radical (unpaired) electrons. The molecule has 0 unspecified atom stereocenters. The van der Waals surface area contributed by atoms with Gasteiger partial charge in [0.2, 0.25) is 0 Å². The number of carbonyl (C=O) groups is 1. The number of benzene rings is 1. The number of methoxy groups -OCH3 is 2. The van der Waals surface area contributed by atoms with Crippen LogP contribution >= 0.6 is 12.2 Å². The van der Waals surface area contributed by atoms with Crippen LogP contribution in [0.5, 0.6) is 11.5 Å². The van der Waals surface area contributed by atoms with Crippen molar-refractivity contribution in [3.05, 3.63) is 23.8 Å². The Morgan fingerprint density at radius 3 is 2.56 bits per heavy atom. The van der Waals surface area contributed by atoms with Gasteiger partial charge in [0.05, 0.1) is 31.3 Å². The Kier molecular flexibility index (Phi) is 4.91. The Labute approximate surface area is 111 Å². The van der Waals surface area contributed by atoms with Gasteiger partial charge >= 0.3 is 0 Å². The lowest BCUT2D eigenvalue weighted by atomic mass is 10.1. The first kappa shape index (κ1) is 14.2. The van der Waals surface area contributed by atoms with Gasteiger partial charge in [-0.2, -0.15) is 0 Å². The van der Waals surface area contributed by atoms with E-state index in [1.54, 1.807) is 25.2 Å². The van der Waals surface area contributed by atoms with Crippen molar-refractivity contribution < 1.29 is 14.3 Å². The molecule has 1 rings (SSSR count). The number of ether oxygens (including phenoxy) is 2. The van der Waals surface area contributed by atoms with E-state index in [-0.39, 0.29) is 17.4 Å². The molecule has 0 heterocycles. The molecule has 0 aliphatic rings. The van der Waals surface area contributed by atoms with Gasteiger partial charge in [0.1, 0.15) is 11.5 Å². The highest BCUT2D eigenvalue weighted by molar-refractivity contribution is 7.80. The van der Waals surface area contributed by atoms with Gasteiger partial charge in [-0.15, -0.1) is 0 Å². The zero-order chi connectivity index (χ0) is 13.7. The zero-order valence-electron chi connectivity index (χ0n) is 10.6. The predicted octanol–water partition coefficient (Wildman–Crippen LogP) is 1.06. The molecule has 18 heavy (non-hydrogen) atoms.